The fraction of sp³-hybridized carbons (Fsp3) is 0.571. The number of halogens is 1. The lowest BCUT2D eigenvalue weighted by Gasteiger charge is -2.34. The van der Waals surface area contributed by atoms with E-state index in [0.29, 0.717) is 11.6 Å². The highest BCUT2D eigenvalue weighted by Crippen LogP contribution is 2.10. The van der Waals surface area contributed by atoms with Crippen LogP contribution < -0.4 is 0 Å². The normalized spacial score (nSPS) is 17.1. The predicted octanol–water partition coefficient (Wildman–Crippen LogP) is 1.42. The monoisotopic (exact) mass is 297 g/mol. The average molecular weight is 298 g/mol. The van der Waals surface area contributed by atoms with Gasteiger partial charge in [-0.2, -0.15) is 0 Å². The van der Waals surface area contributed by atoms with Crippen molar-refractivity contribution >= 4 is 17.6 Å². The minimum Gasteiger partial charge on any atom is -0.469 e. The molecule has 0 bridgehead atoms. The van der Waals surface area contributed by atoms with E-state index in [0.717, 1.165) is 39.3 Å². The molecule has 2 heterocycles. The Morgan fingerprint density at radius 1 is 1.30 bits per heavy atom. The second-order valence-corrected chi connectivity index (χ2v) is 5.32. The van der Waals surface area contributed by atoms with Gasteiger partial charge in [0.2, 0.25) is 0 Å². The van der Waals surface area contributed by atoms with E-state index in [1.165, 1.54) is 12.7 Å². The highest BCUT2D eigenvalue weighted by atomic mass is 35.5. The molecule has 1 aliphatic rings. The molecule has 0 N–H and O–H groups in total. The van der Waals surface area contributed by atoms with Crippen molar-refractivity contribution in [3.8, 4) is 0 Å². The molecule has 0 aromatic carbocycles. The van der Waals surface area contributed by atoms with Crippen LogP contribution in [0.2, 0.25) is 5.15 Å². The van der Waals surface area contributed by atoms with Gasteiger partial charge in [-0.25, -0.2) is 4.98 Å². The number of ether oxygens (including phenoxy) is 1. The maximum Gasteiger partial charge on any atom is 0.306 e. The first-order valence-electron chi connectivity index (χ1n) is 6.79. The fourth-order valence-corrected chi connectivity index (χ4v) is 2.39. The van der Waals surface area contributed by atoms with Crippen molar-refractivity contribution in [1.82, 2.24) is 14.8 Å². The number of hydrogen-bond donors (Lipinski definition) is 0. The summed E-state index contributed by atoms with van der Waals surface area (Å²) in [5, 5.41) is 0.529. The zero-order chi connectivity index (χ0) is 14.4. The van der Waals surface area contributed by atoms with Gasteiger partial charge in [0.05, 0.1) is 13.5 Å². The number of carbonyl (C=O) groups is 1. The number of rotatable bonds is 5. The van der Waals surface area contributed by atoms with Crippen LogP contribution in [-0.4, -0.2) is 60.6 Å². The first kappa shape index (κ1) is 15.2. The zero-order valence-corrected chi connectivity index (χ0v) is 12.5. The summed E-state index contributed by atoms with van der Waals surface area (Å²) in [7, 11) is 1.43. The highest BCUT2D eigenvalue weighted by Gasteiger charge is 2.17. The molecule has 2 rings (SSSR count). The number of esters is 1. The summed E-state index contributed by atoms with van der Waals surface area (Å²) in [5.41, 5.74) is 1.18. The quantitative estimate of drug-likeness (QED) is 0.607. The van der Waals surface area contributed by atoms with Crippen LogP contribution in [0.4, 0.5) is 0 Å². The van der Waals surface area contributed by atoms with Crippen LogP contribution in [0.25, 0.3) is 0 Å². The minimum absolute atomic E-state index is 0.139. The Hall–Kier alpha value is -1.17. The van der Waals surface area contributed by atoms with E-state index in [2.05, 4.69) is 19.5 Å². The molecule has 0 radical (unpaired) electrons. The SMILES string of the molecule is COC(=O)CCN1CCN(Cc2ccc(Cl)nc2)CC1. The van der Waals surface area contributed by atoms with Crippen molar-refractivity contribution in [3.05, 3.63) is 29.0 Å². The number of piperazine rings is 1. The Balaban J connectivity index is 1.71. The van der Waals surface area contributed by atoms with E-state index in [4.69, 9.17) is 11.6 Å². The third-order valence-corrected chi connectivity index (χ3v) is 3.74. The Bertz CT molecular complexity index is 431. The standard InChI is InChI=1S/C14H20ClN3O2/c1-20-14(19)4-5-17-6-8-18(9-7-17)11-12-2-3-13(15)16-10-12/h2-3,10H,4-9,11H2,1H3. The van der Waals surface area contributed by atoms with E-state index in [-0.39, 0.29) is 5.97 Å². The largest absolute Gasteiger partial charge is 0.469 e. The van der Waals surface area contributed by atoms with Crippen LogP contribution in [0.1, 0.15) is 12.0 Å². The molecule has 1 aromatic heterocycles. The molecular formula is C14H20ClN3O2. The summed E-state index contributed by atoms with van der Waals surface area (Å²) in [6, 6.07) is 3.84. The second kappa shape index (κ2) is 7.57. The zero-order valence-electron chi connectivity index (χ0n) is 11.7. The summed E-state index contributed by atoms with van der Waals surface area (Å²) >= 11 is 5.78. The summed E-state index contributed by atoms with van der Waals surface area (Å²) in [4.78, 5) is 19.9. The van der Waals surface area contributed by atoms with E-state index < -0.39 is 0 Å². The van der Waals surface area contributed by atoms with Crippen molar-refractivity contribution in [2.24, 2.45) is 0 Å². The molecule has 1 aliphatic heterocycles. The molecule has 0 aliphatic carbocycles. The molecule has 5 nitrogen and oxygen atoms in total. The van der Waals surface area contributed by atoms with Crippen molar-refractivity contribution in [2.75, 3.05) is 39.8 Å². The molecule has 1 aromatic rings. The van der Waals surface area contributed by atoms with Crippen LogP contribution in [0.15, 0.2) is 18.3 Å². The molecule has 0 unspecified atom stereocenters. The third kappa shape index (κ3) is 4.74. The lowest BCUT2D eigenvalue weighted by atomic mass is 10.2. The van der Waals surface area contributed by atoms with Gasteiger partial charge in [-0.1, -0.05) is 17.7 Å². The van der Waals surface area contributed by atoms with Crippen LogP contribution in [0, 0.1) is 0 Å². The number of nitrogens with zero attached hydrogens (tertiary/aromatic N) is 3. The fourth-order valence-electron chi connectivity index (χ4n) is 2.28. The number of aromatic nitrogens is 1. The summed E-state index contributed by atoms with van der Waals surface area (Å²) < 4.78 is 4.66. The molecule has 1 saturated heterocycles. The number of pyridine rings is 1. The molecule has 20 heavy (non-hydrogen) atoms. The van der Waals surface area contributed by atoms with Crippen LogP contribution in [-0.2, 0) is 16.1 Å². The maximum absolute atomic E-state index is 11.1. The van der Waals surface area contributed by atoms with Gasteiger partial charge < -0.3 is 9.64 Å². The molecule has 0 saturated carbocycles. The smallest absolute Gasteiger partial charge is 0.306 e. The van der Waals surface area contributed by atoms with Gasteiger partial charge in [-0.05, 0) is 11.6 Å². The van der Waals surface area contributed by atoms with E-state index in [9.17, 15) is 4.79 Å². The van der Waals surface area contributed by atoms with Crippen molar-refractivity contribution in [1.29, 1.82) is 0 Å². The van der Waals surface area contributed by atoms with Gasteiger partial charge >= 0.3 is 5.97 Å². The topological polar surface area (TPSA) is 45.7 Å². The summed E-state index contributed by atoms with van der Waals surface area (Å²) in [5.74, 6) is -0.139. The Labute approximate surface area is 124 Å². The van der Waals surface area contributed by atoms with Gasteiger partial charge in [0.25, 0.3) is 0 Å². The number of methoxy groups -OCH3 is 1. The van der Waals surface area contributed by atoms with E-state index in [1.54, 1.807) is 0 Å². The van der Waals surface area contributed by atoms with Crippen molar-refractivity contribution in [3.63, 3.8) is 0 Å². The molecule has 0 atom stereocenters. The summed E-state index contributed by atoms with van der Waals surface area (Å²) in [6.45, 7) is 5.65. The molecule has 6 heteroatoms. The summed E-state index contributed by atoms with van der Waals surface area (Å²) in [6.07, 6.45) is 2.30. The predicted molar refractivity (Wildman–Crippen MR) is 77.6 cm³/mol. The van der Waals surface area contributed by atoms with Gasteiger partial charge in [-0.15, -0.1) is 0 Å². The van der Waals surface area contributed by atoms with Gasteiger partial charge in [0.15, 0.2) is 0 Å². The van der Waals surface area contributed by atoms with E-state index >= 15 is 0 Å². The number of carbonyl (C=O) groups excluding carboxylic acids is 1. The molecular weight excluding hydrogens is 278 g/mol. The minimum atomic E-state index is -0.139. The maximum atomic E-state index is 11.1. The Morgan fingerprint density at radius 2 is 2.00 bits per heavy atom. The van der Waals surface area contributed by atoms with Crippen LogP contribution in [0.3, 0.4) is 0 Å². The first-order chi connectivity index (χ1) is 9.67. The molecule has 110 valence electrons. The van der Waals surface area contributed by atoms with Crippen LogP contribution in [0.5, 0.6) is 0 Å². The lowest BCUT2D eigenvalue weighted by molar-refractivity contribution is -0.141. The van der Waals surface area contributed by atoms with E-state index in [1.807, 2.05) is 18.3 Å². The van der Waals surface area contributed by atoms with Crippen molar-refractivity contribution < 1.29 is 9.53 Å². The lowest BCUT2D eigenvalue weighted by Crippen LogP contribution is -2.46. The van der Waals surface area contributed by atoms with Gasteiger partial charge in [0, 0.05) is 45.5 Å². The third-order valence-electron chi connectivity index (χ3n) is 3.52. The average Bonchev–Trinajstić information content (AvgIpc) is 2.48. The molecule has 0 spiro atoms. The van der Waals surface area contributed by atoms with Crippen molar-refractivity contribution in [2.45, 2.75) is 13.0 Å². The molecule has 0 amide bonds. The van der Waals surface area contributed by atoms with Gasteiger partial charge in [-0.3, -0.25) is 9.69 Å². The molecule has 1 fully saturated rings. The Morgan fingerprint density at radius 3 is 2.60 bits per heavy atom. The number of hydrogen-bond acceptors (Lipinski definition) is 5. The highest BCUT2D eigenvalue weighted by molar-refractivity contribution is 6.29. The first-order valence-corrected chi connectivity index (χ1v) is 7.17. The Kier molecular flexibility index (Phi) is 5.76. The second-order valence-electron chi connectivity index (χ2n) is 4.93. The van der Waals surface area contributed by atoms with Gasteiger partial charge in [0.1, 0.15) is 5.15 Å². The van der Waals surface area contributed by atoms with Crippen LogP contribution >= 0.6 is 11.6 Å².